The largest absolute Gasteiger partial charge is 0.508 e. The van der Waals surface area contributed by atoms with Gasteiger partial charge in [-0.3, -0.25) is 67.5 Å². The Morgan fingerprint density at radius 1 is 0.560 bits per heavy atom. The van der Waals surface area contributed by atoms with Gasteiger partial charge in [-0.25, -0.2) is 4.79 Å². The van der Waals surface area contributed by atoms with Gasteiger partial charge in [0.1, 0.15) is 72.3 Å². The highest BCUT2D eigenvalue weighted by Gasteiger charge is 2.45. The van der Waals surface area contributed by atoms with Crippen LogP contribution in [-0.4, -0.2) is 259 Å². The maximum absolute atomic E-state index is 15.0. The number of aliphatic hydroxyl groups is 5. The van der Waals surface area contributed by atoms with Gasteiger partial charge in [0.05, 0.1) is 30.3 Å². The molecule has 616 valence electrons. The van der Waals surface area contributed by atoms with Crippen molar-refractivity contribution < 1.29 is 103 Å². The number of aliphatic imine (C=N–C) groups is 2. The van der Waals surface area contributed by atoms with Crippen LogP contribution in [0.1, 0.15) is 158 Å². The number of carboxylic acid groups (broad SMARTS) is 1. The number of phenols is 1. The highest BCUT2D eigenvalue weighted by atomic mass is 16.5. The molecule has 39 heteroatoms. The first kappa shape index (κ1) is 95.5. The summed E-state index contributed by atoms with van der Waals surface area (Å²) < 4.78 is 5.77. The minimum Gasteiger partial charge on any atom is -0.508 e. The monoisotopic (exact) mass is 1550 g/mol. The van der Waals surface area contributed by atoms with E-state index in [1.165, 1.54) is 66.1 Å². The third-order valence-electron chi connectivity index (χ3n) is 19.0. The SMILES string of the molecule is CO[C@H](c1ccc(O)cc1)[C@@H](NC(=O)[C@H](CCC(N)=O)N(C)C(=O)[C@H](CC(C)C)NC(=O)[C@@H](CCCN=C(N)N)NC(=O)[C@H](NC(=O)[C@H](NC(=O)[C@@H](NC(=O)[C@H](O)[C@H](O)[C@H](CCCN=C(N)N)NC(=O)[C@@H](C)NC(=O)[C@H](C)[C@H](O)[C@H](C)CC(C)C)[C@@H](C)[C@@H](C)C(N)=O)[C@H](C)O)[C@H](C)O)C(=O)N1CCCC[C@H]1C(=O)O. The summed E-state index contributed by atoms with van der Waals surface area (Å²) in [6.07, 6.45) is -11.0. The first-order chi connectivity index (χ1) is 50.8. The molecule has 0 saturated carbocycles. The molecule has 1 aliphatic rings. The number of piperidine rings is 1. The molecule has 0 radical (unpaired) electrons. The van der Waals surface area contributed by atoms with E-state index in [4.69, 9.17) is 39.1 Å². The average Bonchev–Trinajstić information content (AvgIpc) is 0.798. The second-order valence-corrected chi connectivity index (χ2v) is 28.9. The number of aromatic hydroxyl groups is 1. The molecule has 39 nitrogen and oxygen atoms in total. The number of carbonyl (C=O) groups is 13. The number of likely N-dealkylation sites (tertiary alicyclic amines) is 1. The lowest BCUT2D eigenvalue weighted by Gasteiger charge is -2.38. The quantitative estimate of drug-likeness (QED) is 0.0165. The Morgan fingerprint density at radius 3 is 1.56 bits per heavy atom. The van der Waals surface area contributed by atoms with Crippen molar-refractivity contribution in [2.24, 2.45) is 79.9 Å². The molecule has 1 saturated heterocycles. The van der Waals surface area contributed by atoms with Crippen molar-refractivity contribution >= 4 is 88.8 Å². The van der Waals surface area contributed by atoms with Crippen LogP contribution in [0.25, 0.3) is 0 Å². The van der Waals surface area contributed by atoms with Gasteiger partial charge in [-0.2, -0.15) is 0 Å². The standard InChI is InChI=1S/C70H120N18O21/c1-32(2)30-34(5)53(93)37(8)58(97)79-38(9)59(98)80-43(18-16-27-77-69(73)74)54(94)55(95)65(104)83-49(35(6)36(7)57(72)96)62(101)84-51(40(11)90)64(103)85-50(39(10)89)63(102)81-44(19-17-28-78-70(75)76)60(99)82-45(31-33(3)4)66(105)87(12)46(25-26-48(71)92)61(100)86-52(56(109-13)41-21-23-42(91)24-22-41)67(106)88-29-15-14-20-47(88)68(107)108/h21-24,32-40,43-47,49-56,89-91,93-95H,14-20,25-31H2,1-13H3,(H2,71,92)(H2,72,96)(H,79,97)(H,80,98)(H,81,102)(H,82,99)(H,83,104)(H,84,101)(H,85,103)(H,86,100)(H,107,108)(H4,73,74,77)(H4,75,76,78)/t34-,35+,36-,37-,38-,39+,40+,43+,44-,45+,46+,47+,49+,50-,51-,52-,53-,54-,55-,56-/m1/s1. The fourth-order valence-corrected chi connectivity index (χ4v) is 12.4. The molecule has 1 aliphatic heterocycles. The summed E-state index contributed by atoms with van der Waals surface area (Å²) in [6.45, 7) is 16.2. The number of primary amides is 2. The number of nitrogens with two attached hydrogens (primary N) is 6. The summed E-state index contributed by atoms with van der Waals surface area (Å²) in [6, 6.07) is -11.5. The number of carboxylic acids is 1. The molecule has 1 fully saturated rings. The fraction of sp³-hybridized carbons (Fsp3) is 0.700. The number of phenolic OH excluding ortho intramolecular Hbond substituents is 1. The molecular weight excluding hydrogens is 1430 g/mol. The molecule has 27 N–H and O–H groups in total. The summed E-state index contributed by atoms with van der Waals surface area (Å²) in [5, 5.41) is 96.0. The van der Waals surface area contributed by atoms with Crippen molar-refractivity contribution in [2.45, 2.75) is 244 Å². The zero-order valence-electron chi connectivity index (χ0n) is 64.5. The molecular formula is C70H120N18O21. The second kappa shape index (κ2) is 46.1. The van der Waals surface area contributed by atoms with Crippen molar-refractivity contribution in [2.75, 3.05) is 33.8 Å². The summed E-state index contributed by atoms with van der Waals surface area (Å²) >= 11 is 0. The molecule has 1 heterocycles. The van der Waals surface area contributed by atoms with E-state index in [0.717, 1.165) is 23.6 Å². The normalized spacial score (nSPS) is 18.2. The van der Waals surface area contributed by atoms with E-state index < -0.39 is 210 Å². The van der Waals surface area contributed by atoms with Gasteiger partial charge in [0.15, 0.2) is 18.0 Å². The third kappa shape index (κ3) is 30.8. The van der Waals surface area contributed by atoms with Crippen molar-refractivity contribution in [1.29, 1.82) is 0 Å². The van der Waals surface area contributed by atoms with Crippen LogP contribution in [-0.2, 0) is 67.1 Å². The van der Waals surface area contributed by atoms with Crippen LogP contribution in [0.15, 0.2) is 34.3 Å². The highest BCUT2D eigenvalue weighted by molar-refractivity contribution is 5.99. The smallest absolute Gasteiger partial charge is 0.326 e. The van der Waals surface area contributed by atoms with Gasteiger partial charge in [0.25, 0.3) is 5.91 Å². The predicted octanol–water partition coefficient (Wildman–Crippen LogP) is -5.39. The Hall–Kier alpha value is -9.57. The fourth-order valence-electron chi connectivity index (χ4n) is 12.4. The van der Waals surface area contributed by atoms with Gasteiger partial charge < -0.3 is 127 Å². The van der Waals surface area contributed by atoms with E-state index in [9.17, 15) is 98.1 Å². The zero-order valence-corrected chi connectivity index (χ0v) is 64.5. The number of hydrogen-bond acceptors (Lipinski definition) is 22. The number of aliphatic carboxylic acids is 1. The van der Waals surface area contributed by atoms with Gasteiger partial charge in [0, 0.05) is 46.1 Å². The Bertz CT molecular complexity index is 3280. The molecule has 0 aromatic heterocycles. The number of ether oxygens (including phenoxy) is 1. The van der Waals surface area contributed by atoms with E-state index in [1.807, 2.05) is 13.8 Å². The first-order valence-corrected chi connectivity index (χ1v) is 36.4. The number of aliphatic hydroxyl groups excluding tert-OH is 5. The Kier molecular flexibility index (Phi) is 40.4. The van der Waals surface area contributed by atoms with Crippen molar-refractivity contribution in [3.8, 4) is 5.75 Å². The van der Waals surface area contributed by atoms with Crippen molar-refractivity contribution in [1.82, 2.24) is 52.3 Å². The number of rotatable bonds is 47. The van der Waals surface area contributed by atoms with Crippen LogP contribution in [0, 0.1) is 35.5 Å². The highest BCUT2D eigenvalue weighted by Crippen LogP contribution is 2.29. The summed E-state index contributed by atoms with van der Waals surface area (Å²) in [5.74, 6) is -19.1. The van der Waals surface area contributed by atoms with Crippen LogP contribution in [0.2, 0.25) is 0 Å². The Balaban J connectivity index is 2.61. The molecule has 0 unspecified atom stereocenters. The number of amides is 12. The maximum Gasteiger partial charge on any atom is 0.326 e. The number of guanidine groups is 2. The van der Waals surface area contributed by atoms with E-state index in [2.05, 4.69) is 52.5 Å². The van der Waals surface area contributed by atoms with Gasteiger partial charge in [-0.1, -0.05) is 67.5 Å². The first-order valence-electron chi connectivity index (χ1n) is 36.4. The number of benzene rings is 1. The minimum atomic E-state index is -2.51. The second-order valence-electron chi connectivity index (χ2n) is 28.9. The van der Waals surface area contributed by atoms with Crippen LogP contribution >= 0.6 is 0 Å². The van der Waals surface area contributed by atoms with Crippen LogP contribution in [0.5, 0.6) is 5.75 Å². The molecule has 1 aromatic carbocycles. The van der Waals surface area contributed by atoms with Crippen LogP contribution in [0.3, 0.4) is 0 Å². The third-order valence-corrected chi connectivity index (χ3v) is 19.0. The van der Waals surface area contributed by atoms with E-state index in [0.29, 0.717) is 19.3 Å². The summed E-state index contributed by atoms with van der Waals surface area (Å²) in [5.41, 5.74) is 33.5. The lowest BCUT2D eigenvalue weighted by molar-refractivity contribution is -0.155. The molecule has 20 atom stereocenters. The lowest BCUT2D eigenvalue weighted by atomic mass is 9.87. The lowest BCUT2D eigenvalue weighted by Crippen LogP contribution is -2.64. The maximum atomic E-state index is 15.0. The van der Waals surface area contributed by atoms with Crippen molar-refractivity contribution in [3.05, 3.63) is 29.8 Å². The molecule has 1 aromatic rings. The number of hydrogen-bond donors (Lipinski definition) is 21. The number of carbonyl (C=O) groups excluding carboxylic acids is 12. The van der Waals surface area contributed by atoms with Gasteiger partial charge >= 0.3 is 5.97 Å². The molecule has 0 spiro atoms. The average molecular weight is 1550 g/mol. The molecule has 12 amide bonds. The number of nitrogens with one attached hydrogen (secondary N) is 8. The van der Waals surface area contributed by atoms with E-state index >= 15 is 0 Å². The minimum absolute atomic E-state index is 0.0179. The van der Waals surface area contributed by atoms with Gasteiger partial charge in [0.2, 0.25) is 65.0 Å². The van der Waals surface area contributed by atoms with Crippen LogP contribution in [0.4, 0.5) is 0 Å². The molecule has 0 aliphatic carbocycles. The molecule has 0 bridgehead atoms. The van der Waals surface area contributed by atoms with Crippen molar-refractivity contribution in [3.63, 3.8) is 0 Å². The zero-order chi connectivity index (χ0) is 83.2. The van der Waals surface area contributed by atoms with E-state index in [1.54, 1.807) is 20.8 Å². The topological polar surface area (TPSA) is 656 Å². The number of methoxy groups -OCH3 is 1. The number of likely N-dealkylation sites (N-methyl/N-ethyl adjacent to an activating group) is 1. The van der Waals surface area contributed by atoms with Crippen LogP contribution < -0.4 is 76.9 Å². The summed E-state index contributed by atoms with van der Waals surface area (Å²) in [4.78, 5) is 191. The van der Waals surface area contributed by atoms with E-state index in [-0.39, 0.29) is 93.2 Å². The number of nitrogens with zero attached hydrogens (tertiary/aromatic N) is 4. The molecule has 109 heavy (non-hydrogen) atoms. The van der Waals surface area contributed by atoms with Gasteiger partial charge in [-0.05, 0) is 126 Å². The Morgan fingerprint density at radius 2 is 1.06 bits per heavy atom. The Labute approximate surface area is 634 Å². The summed E-state index contributed by atoms with van der Waals surface area (Å²) in [7, 11) is 2.39. The predicted molar refractivity (Wildman–Crippen MR) is 397 cm³/mol. The molecule has 2 rings (SSSR count). The van der Waals surface area contributed by atoms with Gasteiger partial charge in [-0.15, -0.1) is 0 Å².